The zero-order valence-electron chi connectivity index (χ0n) is 11.6. The van der Waals surface area contributed by atoms with Gasteiger partial charge in [-0.1, -0.05) is 11.6 Å². The second kappa shape index (κ2) is 4.83. The monoisotopic (exact) mass is 289 g/mol. The fourth-order valence-electron chi connectivity index (χ4n) is 2.25. The lowest BCUT2D eigenvalue weighted by Gasteiger charge is -2.15. The van der Waals surface area contributed by atoms with Gasteiger partial charge in [0, 0.05) is 37.2 Å². The Balaban J connectivity index is 2.27. The van der Waals surface area contributed by atoms with Gasteiger partial charge in [0.05, 0.1) is 21.8 Å². The third-order valence-corrected chi connectivity index (χ3v) is 3.37. The minimum atomic E-state index is 0.286. The zero-order valence-corrected chi connectivity index (χ0v) is 12.4. The fourth-order valence-corrected chi connectivity index (χ4v) is 2.49. The SMILES string of the molecule is CC(C)Nc1c(-c2ccn(C)n2)cnc2[nH]cc(Cl)c12. The molecule has 0 aromatic carbocycles. The van der Waals surface area contributed by atoms with Crippen LogP contribution >= 0.6 is 11.6 Å². The predicted octanol–water partition coefficient (Wildman–Crippen LogP) is 3.44. The van der Waals surface area contributed by atoms with Gasteiger partial charge in [-0.2, -0.15) is 5.10 Å². The largest absolute Gasteiger partial charge is 0.382 e. The molecule has 0 aliphatic heterocycles. The number of rotatable bonds is 3. The Morgan fingerprint density at radius 1 is 1.40 bits per heavy atom. The lowest BCUT2D eigenvalue weighted by Crippen LogP contribution is -2.11. The van der Waals surface area contributed by atoms with Crippen molar-refractivity contribution >= 4 is 28.3 Å². The van der Waals surface area contributed by atoms with Crippen molar-refractivity contribution < 1.29 is 0 Å². The van der Waals surface area contributed by atoms with Crippen LogP contribution in [0.4, 0.5) is 5.69 Å². The van der Waals surface area contributed by atoms with Gasteiger partial charge in [-0.25, -0.2) is 4.98 Å². The molecule has 20 heavy (non-hydrogen) atoms. The summed E-state index contributed by atoms with van der Waals surface area (Å²) in [5.41, 5.74) is 3.57. The lowest BCUT2D eigenvalue weighted by atomic mass is 10.1. The number of aryl methyl sites for hydroxylation is 1. The molecule has 104 valence electrons. The number of nitrogens with zero attached hydrogens (tertiary/aromatic N) is 3. The molecule has 0 radical (unpaired) electrons. The van der Waals surface area contributed by atoms with Crippen LogP contribution in [-0.2, 0) is 7.05 Å². The van der Waals surface area contributed by atoms with Crippen molar-refractivity contribution in [2.75, 3.05) is 5.32 Å². The molecule has 2 N–H and O–H groups in total. The molecule has 3 aromatic heterocycles. The van der Waals surface area contributed by atoms with E-state index in [4.69, 9.17) is 11.6 Å². The Morgan fingerprint density at radius 2 is 2.20 bits per heavy atom. The van der Waals surface area contributed by atoms with Gasteiger partial charge in [-0.15, -0.1) is 0 Å². The minimum absolute atomic E-state index is 0.286. The van der Waals surface area contributed by atoms with E-state index in [2.05, 4.69) is 34.2 Å². The van der Waals surface area contributed by atoms with Gasteiger partial charge in [0.2, 0.25) is 0 Å². The van der Waals surface area contributed by atoms with E-state index >= 15 is 0 Å². The average Bonchev–Trinajstić information content (AvgIpc) is 2.96. The van der Waals surface area contributed by atoms with E-state index in [9.17, 15) is 0 Å². The molecule has 3 aromatic rings. The molecule has 0 spiro atoms. The third kappa shape index (κ3) is 2.14. The third-order valence-electron chi connectivity index (χ3n) is 3.08. The highest BCUT2D eigenvalue weighted by atomic mass is 35.5. The highest BCUT2D eigenvalue weighted by molar-refractivity contribution is 6.36. The van der Waals surface area contributed by atoms with Crippen molar-refractivity contribution in [2.24, 2.45) is 7.05 Å². The first-order chi connectivity index (χ1) is 9.56. The van der Waals surface area contributed by atoms with E-state index < -0.39 is 0 Å². The molecule has 0 aliphatic carbocycles. The summed E-state index contributed by atoms with van der Waals surface area (Å²) in [6.07, 6.45) is 5.49. The van der Waals surface area contributed by atoms with Crippen molar-refractivity contribution in [1.29, 1.82) is 0 Å². The van der Waals surface area contributed by atoms with E-state index in [1.54, 1.807) is 10.9 Å². The maximum absolute atomic E-state index is 6.29. The number of anilines is 1. The van der Waals surface area contributed by atoms with Gasteiger partial charge in [0.25, 0.3) is 0 Å². The number of aromatic nitrogens is 4. The first-order valence-corrected chi connectivity index (χ1v) is 6.86. The molecule has 0 saturated heterocycles. The second-order valence-electron chi connectivity index (χ2n) is 5.08. The smallest absolute Gasteiger partial charge is 0.140 e. The van der Waals surface area contributed by atoms with Gasteiger partial charge in [0.15, 0.2) is 0 Å². The number of nitrogens with one attached hydrogen (secondary N) is 2. The summed E-state index contributed by atoms with van der Waals surface area (Å²) in [4.78, 5) is 7.50. The molecular formula is C14H16ClN5. The standard InChI is InChI=1S/C14H16ClN5/c1-8(2)18-13-9(11-4-5-20(3)19-11)6-16-14-12(13)10(15)7-17-14/h4-8H,1-3H3,(H2,16,17,18). The van der Waals surface area contributed by atoms with Crippen molar-refractivity contribution in [3.8, 4) is 11.3 Å². The number of pyridine rings is 1. The molecule has 6 heteroatoms. The van der Waals surface area contributed by atoms with E-state index in [0.29, 0.717) is 5.02 Å². The molecule has 3 heterocycles. The van der Waals surface area contributed by atoms with Crippen LogP contribution in [0.3, 0.4) is 0 Å². The average molecular weight is 290 g/mol. The summed E-state index contributed by atoms with van der Waals surface area (Å²) in [6, 6.07) is 2.25. The topological polar surface area (TPSA) is 58.5 Å². The van der Waals surface area contributed by atoms with Crippen LogP contribution in [-0.4, -0.2) is 25.8 Å². The molecule has 0 fully saturated rings. The van der Waals surface area contributed by atoms with Gasteiger partial charge in [-0.3, -0.25) is 4.68 Å². The fraction of sp³-hybridized carbons (Fsp3) is 0.286. The van der Waals surface area contributed by atoms with Crippen LogP contribution in [0.5, 0.6) is 0 Å². The second-order valence-corrected chi connectivity index (χ2v) is 5.49. The summed E-state index contributed by atoms with van der Waals surface area (Å²) in [7, 11) is 1.90. The molecule has 0 bridgehead atoms. The zero-order chi connectivity index (χ0) is 14.3. The van der Waals surface area contributed by atoms with E-state index in [1.807, 2.05) is 25.5 Å². The first kappa shape index (κ1) is 13.0. The first-order valence-electron chi connectivity index (χ1n) is 6.48. The van der Waals surface area contributed by atoms with Crippen molar-refractivity contribution in [3.05, 3.63) is 29.7 Å². The Morgan fingerprint density at radius 3 is 2.85 bits per heavy atom. The van der Waals surface area contributed by atoms with Crippen molar-refractivity contribution in [3.63, 3.8) is 0 Å². The molecule has 0 amide bonds. The van der Waals surface area contributed by atoms with Crippen LogP contribution in [0.2, 0.25) is 5.02 Å². The van der Waals surface area contributed by atoms with Gasteiger partial charge in [0.1, 0.15) is 5.65 Å². The van der Waals surface area contributed by atoms with E-state index in [-0.39, 0.29) is 6.04 Å². The van der Waals surface area contributed by atoms with Crippen molar-refractivity contribution in [1.82, 2.24) is 19.7 Å². The Kier molecular flexibility index (Phi) is 3.14. The molecular weight excluding hydrogens is 274 g/mol. The number of fused-ring (bicyclic) bond motifs is 1. The maximum Gasteiger partial charge on any atom is 0.140 e. The van der Waals surface area contributed by atoms with Gasteiger partial charge < -0.3 is 10.3 Å². The number of hydrogen-bond acceptors (Lipinski definition) is 3. The van der Waals surface area contributed by atoms with Crippen LogP contribution in [0.1, 0.15) is 13.8 Å². The summed E-state index contributed by atoms with van der Waals surface area (Å²) in [6.45, 7) is 4.18. The normalized spacial score (nSPS) is 11.4. The van der Waals surface area contributed by atoms with Gasteiger partial charge >= 0.3 is 0 Å². The van der Waals surface area contributed by atoms with Crippen LogP contribution in [0.15, 0.2) is 24.7 Å². The molecule has 0 saturated carbocycles. The summed E-state index contributed by atoms with van der Waals surface area (Å²) in [5.74, 6) is 0. The van der Waals surface area contributed by atoms with Crippen LogP contribution in [0.25, 0.3) is 22.3 Å². The number of hydrogen-bond donors (Lipinski definition) is 2. The Hall–Kier alpha value is -2.01. The highest BCUT2D eigenvalue weighted by Gasteiger charge is 2.16. The number of aromatic amines is 1. The molecule has 5 nitrogen and oxygen atoms in total. The molecule has 0 atom stereocenters. The molecule has 3 rings (SSSR count). The number of halogens is 1. The summed E-state index contributed by atoms with van der Waals surface area (Å²) < 4.78 is 1.78. The number of H-pyrrole nitrogens is 1. The van der Waals surface area contributed by atoms with Crippen molar-refractivity contribution in [2.45, 2.75) is 19.9 Å². The Bertz CT molecular complexity index is 756. The predicted molar refractivity (Wildman–Crippen MR) is 82.1 cm³/mol. The van der Waals surface area contributed by atoms with E-state index in [0.717, 1.165) is 28.0 Å². The highest BCUT2D eigenvalue weighted by Crippen LogP contribution is 2.36. The quantitative estimate of drug-likeness (QED) is 0.776. The lowest BCUT2D eigenvalue weighted by molar-refractivity contribution is 0.771. The summed E-state index contributed by atoms with van der Waals surface area (Å²) >= 11 is 6.29. The minimum Gasteiger partial charge on any atom is -0.382 e. The van der Waals surface area contributed by atoms with Gasteiger partial charge in [-0.05, 0) is 19.9 Å². The van der Waals surface area contributed by atoms with Crippen LogP contribution in [0, 0.1) is 0 Å². The molecule has 0 unspecified atom stereocenters. The van der Waals surface area contributed by atoms with E-state index in [1.165, 1.54) is 0 Å². The summed E-state index contributed by atoms with van der Waals surface area (Å²) in [5, 5.41) is 9.48. The van der Waals surface area contributed by atoms with Crippen LogP contribution < -0.4 is 5.32 Å². The maximum atomic E-state index is 6.29. The Labute approximate surface area is 122 Å². The molecule has 0 aliphatic rings.